The second-order valence-electron chi connectivity index (χ2n) is 11.8. The van der Waals surface area contributed by atoms with E-state index in [4.69, 9.17) is 4.74 Å². The molecule has 2 N–H and O–H groups in total. The van der Waals surface area contributed by atoms with Gasteiger partial charge in [-0.3, -0.25) is 19.2 Å². The summed E-state index contributed by atoms with van der Waals surface area (Å²) < 4.78 is 43.5. The van der Waals surface area contributed by atoms with Gasteiger partial charge in [-0.15, -0.1) is 11.3 Å². The molecule has 0 aliphatic carbocycles. The van der Waals surface area contributed by atoms with E-state index < -0.39 is 48.5 Å². The lowest BCUT2D eigenvalue weighted by Crippen LogP contribution is -2.43. The quantitative estimate of drug-likeness (QED) is 0.143. The van der Waals surface area contributed by atoms with Crippen LogP contribution >= 0.6 is 23.1 Å². The van der Waals surface area contributed by atoms with E-state index in [1.807, 2.05) is 25.6 Å². The molecule has 14 heteroatoms. The number of hydrogen-bond acceptors (Lipinski definition) is 8. The molecule has 2 heterocycles. The fourth-order valence-corrected chi connectivity index (χ4v) is 6.55. The molecule has 1 aromatic rings. The lowest BCUT2D eigenvalue weighted by atomic mass is 9.95. The third-order valence-electron chi connectivity index (χ3n) is 7.55. The van der Waals surface area contributed by atoms with Crippen molar-refractivity contribution in [2.45, 2.75) is 91.1 Å². The number of carboxylic acids is 1. The predicted octanol–water partition coefficient (Wildman–Crippen LogP) is 6.43. The molecule has 0 saturated carbocycles. The fraction of sp³-hybridized carbons (Fsp3) is 0.645. The molecule has 1 unspecified atom stereocenters. The van der Waals surface area contributed by atoms with E-state index >= 15 is 0 Å². The van der Waals surface area contributed by atoms with Gasteiger partial charge in [-0.25, -0.2) is 4.98 Å². The molecule has 0 aromatic carbocycles. The third kappa shape index (κ3) is 13.2. The minimum atomic E-state index is -4.36. The number of aromatic nitrogens is 1. The van der Waals surface area contributed by atoms with E-state index in [9.17, 15) is 37.5 Å². The van der Waals surface area contributed by atoms with Crippen LogP contribution in [0.2, 0.25) is 0 Å². The van der Waals surface area contributed by atoms with Crippen molar-refractivity contribution in [2.75, 3.05) is 18.6 Å². The maximum absolute atomic E-state index is 13.3. The van der Waals surface area contributed by atoms with E-state index in [1.54, 1.807) is 24.9 Å². The van der Waals surface area contributed by atoms with Crippen LogP contribution in [0.15, 0.2) is 29.2 Å². The summed E-state index contributed by atoms with van der Waals surface area (Å²) in [7, 11) is 1.75. The normalized spacial score (nSPS) is 17.0. The van der Waals surface area contributed by atoms with E-state index in [1.165, 1.54) is 25.3 Å². The molecular weight excluding hydrogens is 631 g/mol. The molecule has 1 aromatic heterocycles. The number of carbonyl (C=O) groups is 4. The number of alkyl halides is 3. The number of nitrogens with zero attached hydrogens (tertiary/aromatic N) is 2. The Kier molecular flexibility index (Phi) is 15.1. The molecule has 0 spiro atoms. The summed E-state index contributed by atoms with van der Waals surface area (Å²) in [6, 6.07) is -0.971. The van der Waals surface area contributed by atoms with Gasteiger partial charge in [0.25, 0.3) is 5.91 Å². The van der Waals surface area contributed by atoms with Gasteiger partial charge < -0.3 is 20.1 Å². The zero-order valence-electron chi connectivity index (χ0n) is 26.6. The topological polar surface area (TPSA) is 126 Å². The van der Waals surface area contributed by atoms with Crippen LogP contribution in [-0.2, 0) is 19.1 Å². The lowest BCUT2D eigenvalue weighted by Gasteiger charge is -2.35. The van der Waals surface area contributed by atoms with Crippen LogP contribution in [-0.4, -0.2) is 75.6 Å². The molecule has 1 aliphatic heterocycles. The van der Waals surface area contributed by atoms with Crippen LogP contribution in [0.4, 0.5) is 13.2 Å². The number of thioether (sulfide) groups is 1. The van der Waals surface area contributed by atoms with Gasteiger partial charge in [0.2, 0.25) is 5.91 Å². The zero-order chi connectivity index (χ0) is 33.9. The van der Waals surface area contributed by atoms with Crippen molar-refractivity contribution in [2.24, 2.45) is 17.8 Å². The first-order valence-corrected chi connectivity index (χ1v) is 16.9. The van der Waals surface area contributed by atoms with Gasteiger partial charge in [0, 0.05) is 44.3 Å². The highest BCUT2D eigenvalue weighted by Crippen LogP contribution is 2.32. The Morgan fingerprint density at radius 1 is 1.20 bits per heavy atom. The number of carboxylic acid groups (broad SMARTS) is 1. The summed E-state index contributed by atoms with van der Waals surface area (Å²) in [6.45, 7) is 8.37. The Balaban J connectivity index is 2.23. The lowest BCUT2D eigenvalue weighted by molar-refractivity contribution is -0.148. The first kappa shape index (κ1) is 38.3. The van der Waals surface area contributed by atoms with Crippen LogP contribution in [0, 0.1) is 17.8 Å². The predicted molar refractivity (Wildman–Crippen MR) is 169 cm³/mol. The van der Waals surface area contributed by atoms with Crippen LogP contribution in [0.1, 0.15) is 88.3 Å². The molecule has 0 bridgehead atoms. The highest BCUT2D eigenvalue weighted by molar-refractivity contribution is 8.00. The molecule has 9 nitrogen and oxygen atoms in total. The average Bonchev–Trinajstić information content (AvgIpc) is 3.41. The van der Waals surface area contributed by atoms with Crippen LogP contribution in [0.3, 0.4) is 0 Å². The molecule has 45 heavy (non-hydrogen) atoms. The molecule has 2 rings (SSSR count). The smallest absolute Gasteiger partial charge is 0.392 e. The van der Waals surface area contributed by atoms with Crippen molar-refractivity contribution < 1.29 is 42.2 Å². The Labute approximate surface area is 271 Å². The number of carbonyl (C=O) groups excluding carboxylic acids is 3. The van der Waals surface area contributed by atoms with E-state index in [2.05, 4.69) is 10.3 Å². The monoisotopic (exact) mass is 675 g/mol. The van der Waals surface area contributed by atoms with Crippen molar-refractivity contribution in [3.05, 3.63) is 39.9 Å². The Bertz CT molecular complexity index is 1230. The molecule has 1 fully saturated rings. The largest absolute Gasteiger partial charge is 0.481 e. The summed E-state index contributed by atoms with van der Waals surface area (Å²) >= 11 is 2.94. The first-order valence-electron chi connectivity index (χ1n) is 14.9. The van der Waals surface area contributed by atoms with Crippen LogP contribution in [0.5, 0.6) is 0 Å². The molecule has 4 atom stereocenters. The Morgan fingerprint density at radius 3 is 2.38 bits per heavy atom. The molecule has 252 valence electrons. The Hall–Kier alpha value is -2.87. The van der Waals surface area contributed by atoms with E-state index in [0.717, 1.165) is 28.9 Å². The van der Waals surface area contributed by atoms with Crippen molar-refractivity contribution in [1.82, 2.24) is 15.2 Å². The summed E-state index contributed by atoms with van der Waals surface area (Å²) in [5, 5.41) is 14.1. The Morgan fingerprint density at radius 2 is 1.87 bits per heavy atom. The van der Waals surface area contributed by atoms with Crippen molar-refractivity contribution in [3.63, 3.8) is 0 Å². The van der Waals surface area contributed by atoms with Gasteiger partial charge in [-0.05, 0) is 43.1 Å². The van der Waals surface area contributed by atoms with Crippen LogP contribution in [0.25, 0.3) is 0 Å². The SMILES string of the molecule is C/C=C(\C=C/CC(F)(F)F)C[C@@H](C[C@H](C)C(=O)O)NC(=O)c1csc([C@@H](CC(C(C)C)N(C)C(=O)CC2CSC2)OC(C)=O)n1. The summed E-state index contributed by atoms with van der Waals surface area (Å²) in [5.74, 6) is -0.675. The number of hydrogen-bond donors (Lipinski definition) is 2. The van der Waals surface area contributed by atoms with Gasteiger partial charge in [-0.1, -0.05) is 44.6 Å². The summed E-state index contributed by atoms with van der Waals surface area (Å²) in [5.41, 5.74) is 0.535. The third-order valence-corrected chi connectivity index (χ3v) is 9.90. The standard InChI is InChI=1S/C31H44F3N3O6S2/c1-7-21(9-8-10-31(32,33)34)12-23(11-19(4)30(41)42)35-28(40)24-17-45-29(36-24)26(43-20(5)38)14-25(18(2)3)37(6)27(39)13-22-15-44-16-22/h7-9,17-19,22-23,25-26H,10-16H2,1-6H3,(H,35,40)(H,41,42)/b9-8-,21-7+/t19-,23+,25?,26+/m0/s1. The van der Waals surface area contributed by atoms with Crippen molar-refractivity contribution in [3.8, 4) is 0 Å². The molecule has 1 saturated heterocycles. The number of allylic oxidation sites excluding steroid dienone is 3. The maximum Gasteiger partial charge on any atom is 0.392 e. The summed E-state index contributed by atoms with van der Waals surface area (Å²) in [6.07, 6.45) is -1.48. The summed E-state index contributed by atoms with van der Waals surface area (Å²) in [4.78, 5) is 56.0. The number of halogens is 3. The fourth-order valence-electron chi connectivity index (χ4n) is 4.91. The first-order chi connectivity index (χ1) is 21.0. The van der Waals surface area contributed by atoms with Gasteiger partial charge in [0.15, 0.2) is 6.10 Å². The van der Waals surface area contributed by atoms with Crippen molar-refractivity contribution >= 4 is 46.9 Å². The van der Waals surface area contributed by atoms with Crippen molar-refractivity contribution in [1.29, 1.82) is 0 Å². The van der Waals surface area contributed by atoms with Crippen LogP contribution < -0.4 is 5.32 Å². The number of aliphatic carboxylic acids is 1. The minimum Gasteiger partial charge on any atom is -0.481 e. The number of ether oxygens (including phenoxy) is 1. The molecule has 2 amide bonds. The zero-order valence-corrected chi connectivity index (χ0v) is 28.2. The molecule has 0 radical (unpaired) electrons. The second kappa shape index (κ2) is 17.7. The molecule has 1 aliphatic rings. The average molecular weight is 676 g/mol. The maximum atomic E-state index is 13.3. The highest BCUT2D eigenvalue weighted by Gasteiger charge is 2.33. The van der Waals surface area contributed by atoms with Gasteiger partial charge in [0.1, 0.15) is 10.7 Å². The highest BCUT2D eigenvalue weighted by atomic mass is 32.2. The number of thiazole rings is 1. The number of esters is 1. The number of rotatable bonds is 17. The van der Waals surface area contributed by atoms with E-state index in [0.29, 0.717) is 22.9 Å². The second-order valence-corrected chi connectivity index (χ2v) is 13.7. The molecular formula is C31H44F3N3O6S2. The van der Waals surface area contributed by atoms with Gasteiger partial charge in [0.05, 0.1) is 12.3 Å². The number of nitrogens with one attached hydrogen (secondary N) is 1. The van der Waals surface area contributed by atoms with E-state index in [-0.39, 0.29) is 42.8 Å². The minimum absolute atomic E-state index is 0.0233. The van der Waals surface area contributed by atoms with Gasteiger partial charge in [-0.2, -0.15) is 24.9 Å². The number of amides is 2. The van der Waals surface area contributed by atoms with Gasteiger partial charge >= 0.3 is 18.1 Å².